The third-order valence-corrected chi connectivity index (χ3v) is 8.02. The minimum Gasteiger partial charge on any atom is -0.361 e. The first kappa shape index (κ1) is 23.5. The summed E-state index contributed by atoms with van der Waals surface area (Å²) >= 11 is 0. The van der Waals surface area contributed by atoms with E-state index in [2.05, 4.69) is 44.3 Å². The summed E-state index contributed by atoms with van der Waals surface area (Å²) < 4.78 is 27.1. The van der Waals surface area contributed by atoms with Gasteiger partial charge in [0.05, 0.1) is 10.9 Å². The van der Waals surface area contributed by atoms with Crippen LogP contribution in [0.3, 0.4) is 0 Å². The smallest absolute Gasteiger partial charge is 0.241 e. The van der Waals surface area contributed by atoms with Crippen LogP contribution < -0.4 is 10.0 Å². The van der Waals surface area contributed by atoms with Gasteiger partial charge in [-0.15, -0.1) is 0 Å². The Morgan fingerprint density at radius 3 is 2.36 bits per heavy atom. The monoisotopic (exact) mass is 468 g/mol. The molecule has 1 aromatic heterocycles. The van der Waals surface area contributed by atoms with E-state index in [4.69, 9.17) is 0 Å². The molecule has 0 unspecified atom stereocenters. The fraction of sp³-hybridized carbons (Fsp3) is 0.400. The number of aromatic nitrogens is 1. The van der Waals surface area contributed by atoms with Crippen LogP contribution in [0.25, 0.3) is 10.9 Å². The predicted molar refractivity (Wildman–Crippen MR) is 132 cm³/mol. The van der Waals surface area contributed by atoms with Crippen molar-refractivity contribution in [2.45, 2.75) is 56.5 Å². The Morgan fingerprint density at radius 2 is 1.70 bits per heavy atom. The molecule has 0 radical (unpaired) electrons. The number of aromatic amines is 1. The lowest BCUT2D eigenvalue weighted by molar-refractivity contribution is -0.121. The second kappa shape index (κ2) is 9.67. The molecule has 2 aromatic carbocycles. The number of sulfonamides is 1. The zero-order valence-corrected chi connectivity index (χ0v) is 20.2. The Bertz CT molecular complexity index is 1210. The molecule has 176 valence electrons. The van der Waals surface area contributed by atoms with Crippen LogP contribution in [-0.2, 0) is 14.8 Å². The van der Waals surface area contributed by atoms with E-state index < -0.39 is 10.0 Å². The number of hydrogen-bond donors (Lipinski definition) is 3. The first-order chi connectivity index (χ1) is 15.7. The second-order valence-corrected chi connectivity index (χ2v) is 10.8. The van der Waals surface area contributed by atoms with Gasteiger partial charge in [-0.05, 0) is 88.5 Å². The van der Waals surface area contributed by atoms with Crippen molar-refractivity contribution in [3.8, 4) is 0 Å². The molecular formula is C25H32N4O3S. The van der Waals surface area contributed by atoms with Crippen LogP contribution >= 0.6 is 0 Å². The van der Waals surface area contributed by atoms with E-state index >= 15 is 0 Å². The molecule has 4 rings (SSSR count). The number of nitrogens with zero attached hydrogens (tertiary/aromatic N) is 1. The lowest BCUT2D eigenvalue weighted by Crippen LogP contribution is -2.45. The summed E-state index contributed by atoms with van der Waals surface area (Å²) in [6.07, 6.45) is 4.14. The standard InChI is InChI=1S/C25H32N4O3S/c1-17(2)28-33(31,32)21-10-8-20(9-11-21)27-25(30)18(3)29-14-12-19(13-15-29)23-16-26-24-7-5-4-6-22(23)24/h4-11,16-19,26,28H,12-15H2,1-3H3,(H,27,30)/t18-/m1/s1. The quantitative estimate of drug-likeness (QED) is 0.487. The van der Waals surface area contributed by atoms with Crippen LogP contribution in [0.4, 0.5) is 5.69 Å². The van der Waals surface area contributed by atoms with Crippen molar-refractivity contribution in [2.75, 3.05) is 18.4 Å². The average molecular weight is 469 g/mol. The normalized spacial score (nSPS) is 16.8. The van der Waals surface area contributed by atoms with Gasteiger partial charge < -0.3 is 10.3 Å². The highest BCUT2D eigenvalue weighted by Gasteiger charge is 2.28. The van der Waals surface area contributed by atoms with Gasteiger partial charge >= 0.3 is 0 Å². The first-order valence-corrected chi connectivity index (χ1v) is 13.0. The fourth-order valence-electron chi connectivity index (χ4n) is 4.54. The number of fused-ring (bicyclic) bond motifs is 1. The highest BCUT2D eigenvalue weighted by molar-refractivity contribution is 7.89. The average Bonchev–Trinajstić information content (AvgIpc) is 3.22. The number of rotatable bonds is 7. The molecule has 3 N–H and O–H groups in total. The number of carbonyl (C=O) groups is 1. The summed E-state index contributed by atoms with van der Waals surface area (Å²) in [6, 6.07) is 14.2. The van der Waals surface area contributed by atoms with Gasteiger partial charge in [-0.1, -0.05) is 18.2 Å². The van der Waals surface area contributed by atoms with E-state index in [9.17, 15) is 13.2 Å². The van der Waals surface area contributed by atoms with Crippen molar-refractivity contribution in [2.24, 2.45) is 0 Å². The Balaban J connectivity index is 1.33. The largest absolute Gasteiger partial charge is 0.361 e. The summed E-state index contributed by atoms with van der Waals surface area (Å²) in [5.74, 6) is 0.401. The van der Waals surface area contributed by atoms with Gasteiger partial charge in [-0.2, -0.15) is 0 Å². The SMILES string of the molecule is CC(C)NS(=O)(=O)c1ccc(NC(=O)[C@@H](C)N2CCC(c3c[nH]c4ccccc34)CC2)cc1. The number of likely N-dealkylation sites (tertiary alicyclic amines) is 1. The second-order valence-electron chi connectivity index (χ2n) is 9.07. The van der Waals surface area contributed by atoms with Gasteiger partial charge in [-0.3, -0.25) is 9.69 Å². The number of H-pyrrole nitrogens is 1. The summed E-state index contributed by atoms with van der Waals surface area (Å²) in [6.45, 7) is 7.19. The molecular weight excluding hydrogens is 436 g/mol. The van der Waals surface area contributed by atoms with E-state index in [0.717, 1.165) is 25.9 Å². The maximum atomic E-state index is 12.8. The Hall–Kier alpha value is -2.68. The molecule has 0 spiro atoms. The summed E-state index contributed by atoms with van der Waals surface area (Å²) in [7, 11) is -3.55. The third-order valence-electron chi connectivity index (χ3n) is 6.34. The van der Waals surface area contributed by atoms with Gasteiger partial charge in [0.2, 0.25) is 15.9 Å². The number of para-hydroxylation sites is 1. The van der Waals surface area contributed by atoms with E-state index in [-0.39, 0.29) is 22.9 Å². The molecule has 1 atom stereocenters. The zero-order valence-electron chi connectivity index (χ0n) is 19.3. The van der Waals surface area contributed by atoms with Crippen LogP contribution in [0.1, 0.15) is 45.1 Å². The van der Waals surface area contributed by atoms with E-state index in [1.54, 1.807) is 26.0 Å². The predicted octanol–water partition coefficient (Wildman–Crippen LogP) is 4.06. The van der Waals surface area contributed by atoms with Crippen LogP contribution in [0.15, 0.2) is 59.6 Å². The van der Waals surface area contributed by atoms with Crippen LogP contribution in [0.2, 0.25) is 0 Å². The highest BCUT2D eigenvalue weighted by atomic mass is 32.2. The zero-order chi connectivity index (χ0) is 23.6. The van der Waals surface area contributed by atoms with Crippen molar-refractivity contribution >= 4 is 32.5 Å². The summed E-state index contributed by atoms with van der Waals surface area (Å²) in [5, 5.41) is 4.21. The number of carbonyl (C=O) groups excluding carboxylic acids is 1. The van der Waals surface area contributed by atoms with Gasteiger partial charge in [0, 0.05) is 28.8 Å². The van der Waals surface area contributed by atoms with Gasteiger partial charge in [0.1, 0.15) is 0 Å². The molecule has 7 nitrogen and oxygen atoms in total. The third kappa shape index (κ3) is 5.29. The van der Waals surface area contributed by atoms with Crippen LogP contribution in [0, 0.1) is 0 Å². The molecule has 3 aromatic rings. The number of amides is 1. The van der Waals surface area contributed by atoms with Gasteiger partial charge in [-0.25, -0.2) is 13.1 Å². The highest BCUT2D eigenvalue weighted by Crippen LogP contribution is 2.33. The minimum absolute atomic E-state index is 0.0866. The van der Waals surface area contributed by atoms with E-state index in [0.29, 0.717) is 11.6 Å². The molecule has 1 aliphatic rings. The fourth-order valence-corrected chi connectivity index (χ4v) is 5.79. The molecule has 8 heteroatoms. The molecule has 1 amide bonds. The number of anilines is 1. The maximum absolute atomic E-state index is 12.8. The molecule has 1 saturated heterocycles. The lowest BCUT2D eigenvalue weighted by atomic mass is 9.88. The van der Waals surface area contributed by atoms with Crippen LogP contribution in [0.5, 0.6) is 0 Å². The molecule has 1 aliphatic heterocycles. The van der Waals surface area contributed by atoms with Crippen LogP contribution in [-0.4, -0.2) is 49.4 Å². The minimum atomic E-state index is -3.55. The van der Waals surface area contributed by atoms with Crippen molar-refractivity contribution in [3.05, 3.63) is 60.3 Å². The number of benzene rings is 2. The maximum Gasteiger partial charge on any atom is 0.241 e. The van der Waals surface area contributed by atoms with Crippen molar-refractivity contribution in [3.63, 3.8) is 0 Å². The number of hydrogen-bond acceptors (Lipinski definition) is 4. The van der Waals surface area contributed by atoms with E-state index in [1.807, 2.05) is 13.0 Å². The van der Waals surface area contributed by atoms with Crippen molar-refractivity contribution in [1.82, 2.24) is 14.6 Å². The van der Waals surface area contributed by atoms with Crippen molar-refractivity contribution < 1.29 is 13.2 Å². The lowest BCUT2D eigenvalue weighted by Gasteiger charge is -2.35. The molecule has 2 heterocycles. The Kier molecular flexibility index (Phi) is 6.88. The molecule has 0 saturated carbocycles. The molecule has 0 bridgehead atoms. The van der Waals surface area contributed by atoms with E-state index in [1.165, 1.54) is 28.6 Å². The Morgan fingerprint density at radius 1 is 1.03 bits per heavy atom. The van der Waals surface area contributed by atoms with Gasteiger partial charge in [0.25, 0.3) is 0 Å². The van der Waals surface area contributed by atoms with Crippen molar-refractivity contribution in [1.29, 1.82) is 0 Å². The topological polar surface area (TPSA) is 94.3 Å². The summed E-state index contributed by atoms with van der Waals surface area (Å²) in [5.41, 5.74) is 3.12. The molecule has 1 fully saturated rings. The van der Waals surface area contributed by atoms with Gasteiger partial charge in [0.15, 0.2) is 0 Å². The molecule has 0 aliphatic carbocycles. The summed E-state index contributed by atoms with van der Waals surface area (Å²) in [4.78, 5) is 18.6. The molecule has 33 heavy (non-hydrogen) atoms. The number of nitrogens with one attached hydrogen (secondary N) is 3. The Labute approximate surface area is 195 Å². The first-order valence-electron chi connectivity index (χ1n) is 11.5. The number of piperidine rings is 1.